The average Bonchev–Trinajstić information content (AvgIpc) is 2.67. The van der Waals surface area contributed by atoms with Crippen molar-refractivity contribution in [2.45, 2.75) is 6.92 Å². The SMILES string of the molecule is CCOC(=O)c1cn(S/C(N)=N\NC)nn1. The number of esters is 1. The lowest BCUT2D eigenvalue weighted by molar-refractivity contribution is 0.0519. The minimum absolute atomic E-state index is 0.131. The van der Waals surface area contributed by atoms with Gasteiger partial charge in [0.25, 0.3) is 0 Å². The van der Waals surface area contributed by atoms with Gasteiger partial charge in [-0.1, -0.05) is 5.21 Å². The Kier molecular flexibility index (Phi) is 4.58. The molecule has 1 heterocycles. The average molecular weight is 244 g/mol. The van der Waals surface area contributed by atoms with Gasteiger partial charge in [0.2, 0.25) is 0 Å². The summed E-state index contributed by atoms with van der Waals surface area (Å²) in [7, 11) is 1.62. The second-order valence-corrected chi connectivity index (χ2v) is 3.47. The molecule has 0 aromatic carbocycles. The van der Waals surface area contributed by atoms with Crippen molar-refractivity contribution in [2.24, 2.45) is 10.8 Å². The number of hydrogen-bond donors (Lipinski definition) is 2. The number of amidine groups is 1. The van der Waals surface area contributed by atoms with E-state index in [4.69, 9.17) is 10.5 Å². The molecule has 3 N–H and O–H groups in total. The zero-order valence-corrected chi connectivity index (χ0v) is 9.69. The standard InChI is InChI=1S/C7H12N6O2S/c1-3-15-6(14)5-4-13(12-10-5)16-7(8)11-9-2/h4,9H,3H2,1-2H3,(H2,8,11). The van der Waals surface area contributed by atoms with Crippen LogP contribution in [-0.4, -0.2) is 39.2 Å². The van der Waals surface area contributed by atoms with Crippen LogP contribution in [0.3, 0.4) is 0 Å². The highest BCUT2D eigenvalue weighted by molar-refractivity contribution is 8.12. The van der Waals surface area contributed by atoms with Crippen molar-refractivity contribution in [3.8, 4) is 0 Å². The van der Waals surface area contributed by atoms with Gasteiger partial charge in [-0.3, -0.25) is 0 Å². The Bertz CT molecular complexity index is 390. The molecule has 9 heteroatoms. The number of rotatable bonds is 4. The Morgan fingerprint density at radius 2 is 2.56 bits per heavy atom. The van der Waals surface area contributed by atoms with E-state index in [1.165, 1.54) is 10.3 Å². The number of nitrogens with zero attached hydrogens (tertiary/aromatic N) is 4. The van der Waals surface area contributed by atoms with Gasteiger partial charge in [0.15, 0.2) is 10.9 Å². The number of carbonyl (C=O) groups is 1. The molecule has 0 saturated carbocycles. The largest absolute Gasteiger partial charge is 0.461 e. The Labute approximate surface area is 96.3 Å². The number of nitrogens with one attached hydrogen (secondary N) is 1. The number of hydrogen-bond acceptors (Lipinski definition) is 7. The van der Waals surface area contributed by atoms with Gasteiger partial charge in [-0.15, -0.1) is 5.10 Å². The molecular weight excluding hydrogens is 232 g/mol. The maximum absolute atomic E-state index is 11.2. The molecular formula is C7H12N6O2S. The maximum atomic E-state index is 11.2. The van der Waals surface area contributed by atoms with Crippen LogP contribution in [-0.2, 0) is 4.74 Å². The van der Waals surface area contributed by atoms with E-state index in [1.807, 2.05) is 0 Å². The molecule has 0 aliphatic heterocycles. The van der Waals surface area contributed by atoms with Crippen LogP contribution in [0.2, 0.25) is 0 Å². The highest BCUT2D eigenvalue weighted by atomic mass is 32.2. The molecule has 0 amide bonds. The van der Waals surface area contributed by atoms with Gasteiger partial charge < -0.3 is 15.9 Å². The van der Waals surface area contributed by atoms with Gasteiger partial charge in [0, 0.05) is 7.05 Å². The van der Waals surface area contributed by atoms with Gasteiger partial charge in [-0.2, -0.15) is 9.19 Å². The topological polar surface area (TPSA) is 107 Å². The summed E-state index contributed by atoms with van der Waals surface area (Å²) in [5.74, 6) is -0.515. The van der Waals surface area contributed by atoms with Crippen LogP contribution < -0.4 is 11.2 Å². The first-order valence-corrected chi connectivity index (χ1v) is 5.22. The molecule has 0 atom stereocenters. The summed E-state index contributed by atoms with van der Waals surface area (Å²) in [4.78, 5) is 11.2. The zero-order valence-electron chi connectivity index (χ0n) is 8.88. The van der Waals surface area contributed by atoms with Crippen LogP contribution in [0.25, 0.3) is 0 Å². The van der Waals surface area contributed by atoms with E-state index in [9.17, 15) is 4.79 Å². The minimum Gasteiger partial charge on any atom is -0.461 e. The van der Waals surface area contributed by atoms with Crippen LogP contribution in [0.1, 0.15) is 17.4 Å². The first kappa shape index (κ1) is 12.3. The summed E-state index contributed by atoms with van der Waals surface area (Å²) in [5, 5.41) is 11.3. The normalized spacial score (nSPS) is 11.2. The lowest BCUT2D eigenvalue weighted by Gasteiger charge is -1.97. The molecule has 8 nitrogen and oxygen atoms in total. The van der Waals surface area contributed by atoms with Crippen LogP contribution in [0.5, 0.6) is 0 Å². The van der Waals surface area contributed by atoms with Crippen LogP contribution in [0, 0.1) is 0 Å². The van der Waals surface area contributed by atoms with E-state index in [2.05, 4.69) is 20.8 Å². The maximum Gasteiger partial charge on any atom is 0.360 e. The van der Waals surface area contributed by atoms with E-state index >= 15 is 0 Å². The van der Waals surface area contributed by atoms with Crippen molar-refractivity contribution in [1.82, 2.24) is 19.8 Å². The lowest BCUT2D eigenvalue weighted by Crippen LogP contribution is -2.13. The van der Waals surface area contributed by atoms with Crippen molar-refractivity contribution in [3.05, 3.63) is 11.9 Å². The fourth-order valence-corrected chi connectivity index (χ4v) is 1.37. The molecule has 0 spiro atoms. The molecule has 1 aromatic rings. The molecule has 1 aromatic heterocycles. The third kappa shape index (κ3) is 3.42. The van der Waals surface area contributed by atoms with Crippen molar-refractivity contribution < 1.29 is 9.53 Å². The van der Waals surface area contributed by atoms with E-state index in [1.54, 1.807) is 14.0 Å². The number of carbonyl (C=O) groups excluding carboxylic acids is 1. The molecule has 0 saturated heterocycles. The first-order chi connectivity index (χ1) is 7.67. The summed E-state index contributed by atoms with van der Waals surface area (Å²) in [6.07, 6.45) is 1.42. The highest BCUT2D eigenvalue weighted by Gasteiger charge is 2.12. The molecule has 16 heavy (non-hydrogen) atoms. The number of hydrazone groups is 1. The molecule has 88 valence electrons. The van der Waals surface area contributed by atoms with E-state index in [-0.39, 0.29) is 10.9 Å². The molecule has 0 fully saturated rings. The summed E-state index contributed by atoms with van der Waals surface area (Å²) in [6.45, 7) is 2.01. The van der Waals surface area contributed by atoms with Crippen molar-refractivity contribution >= 4 is 23.1 Å². The third-order valence-electron chi connectivity index (χ3n) is 1.37. The highest BCUT2D eigenvalue weighted by Crippen LogP contribution is 2.05. The predicted molar refractivity (Wildman–Crippen MR) is 59.6 cm³/mol. The minimum atomic E-state index is -0.515. The zero-order chi connectivity index (χ0) is 12.0. The van der Waals surface area contributed by atoms with Gasteiger partial charge in [-0.05, 0) is 6.92 Å². The number of nitrogens with two attached hydrogens (primary N) is 1. The second-order valence-electron chi connectivity index (χ2n) is 2.49. The van der Waals surface area contributed by atoms with Gasteiger partial charge in [0.05, 0.1) is 24.8 Å². The molecule has 0 aliphatic rings. The van der Waals surface area contributed by atoms with Crippen LogP contribution >= 0.6 is 11.9 Å². The number of ether oxygens (including phenoxy) is 1. The molecule has 1 rings (SSSR count). The van der Waals surface area contributed by atoms with Gasteiger partial charge >= 0.3 is 5.97 Å². The smallest absolute Gasteiger partial charge is 0.360 e. The summed E-state index contributed by atoms with van der Waals surface area (Å²) < 4.78 is 6.08. The Balaban J connectivity index is 2.64. The Hall–Kier alpha value is -1.77. The third-order valence-corrected chi connectivity index (χ3v) is 2.01. The van der Waals surface area contributed by atoms with Crippen molar-refractivity contribution in [1.29, 1.82) is 0 Å². The monoisotopic (exact) mass is 244 g/mol. The predicted octanol–water partition coefficient (Wildman–Crippen LogP) is -0.600. The summed E-state index contributed by atoms with van der Waals surface area (Å²) in [5.41, 5.74) is 8.16. The first-order valence-electron chi connectivity index (χ1n) is 4.45. The molecule has 0 bridgehead atoms. The van der Waals surface area contributed by atoms with E-state index in [0.29, 0.717) is 6.61 Å². The fourth-order valence-electron chi connectivity index (χ4n) is 0.818. The fraction of sp³-hybridized carbons (Fsp3) is 0.429. The summed E-state index contributed by atoms with van der Waals surface area (Å²) >= 11 is 1.03. The molecule has 0 aliphatic carbocycles. The summed E-state index contributed by atoms with van der Waals surface area (Å²) in [6, 6.07) is 0. The quantitative estimate of drug-likeness (QED) is 0.315. The van der Waals surface area contributed by atoms with Gasteiger partial charge in [0.1, 0.15) is 0 Å². The van der Waals surface area contributed by atoms with Crippen molar-refractivity contribution in [3.63, 3.8) is 0 Å². The second kappa shape index (κ2) is 5.95. The van der Waals surface area contributed by atoms with Crippen LogP contribution in [0.4, 0.5) is 0 Å². The lowest BCUT2D eigenvalue weighted by atomic mass is 10.5. The Morgan fingerprint density at radius 1 is 1.81 bits per heavy atom. The van der Waals surface area contributed by atoms with E-state index < -0.39 is 5.97 Å². The number of aromatic nitrogens is 3. The van der Waals surface area contributed by atoms with Crippen molar-refractivity contribution in [2.75, 3.05) is 13.7 Å². The molecule has 0 unspecified atom stereocenters. The van der Waals surface area contributed by atoms with Crippen LogP contribution in [0.15, 0.2) is 11.3 Å². The Morgan fingerprint density at radius 3 is 3.19 bits per heavy atom. The van der Waals surface area contributed by atoms with Gasteiger partial charge in [-0.25, -0.2) is 4.79 Å². The molecule has 0 radical (unpaired) electrons. The van der Waals surface area contributed by atoms with E-state index in [0.717, 1.165) is 11.9 Å².